The van der Waals surface area contributed by atoms with Gasteiger partial charge in [-0.1, -0.05) is 33.4 Å². The number of methoxy groups -OCH3 is 1. The zero-order chi connectivity index (χ0) is 18.0. The summed E-state index contributed by atoms with van der Waals surface area (Å²) in [6.07, 6.45) is 10.6. The third-order valence-electron chi connectivity index (χ3n) is 8.48. The maximum atomic E-state index is 12.1. The van der Waals surface area contributed by atoms with Crippen LogP contribution in [-0.4, -0.2) is 17.8 Å². The molecule has 0 bridgehead atoms. The van der Waals surface area contributed by atoms with E-state index in [1.165, 1.54) is 17.6 Å². The van der Waals surface area contributed by atoms with Gasteiger partial charge in [0.2, 0.25) is 0 Å². The molecule has 2 saturated carbocycles. The molecule has 0 unspecified atom stereocenters. The zero-order valence-electron chi connectivity index (χ0n) is 16.2. The van der Waals surface area contributed by atoms with E-state index >= 15 is 0 Å². The maximum Gasteiger partial charge on any atom is 0.0958 e. The lowest BCUT2D eigenvalue weighted by Gasteiger charge is -2.61. The minimum Gasteiger partial charge on any atom is -0.501 e. The lowest BCUT2D eigenvalue weighted by Crippen LogP contribution is -2.61. The molecule has 25 heavy (non-hydrogen) atoms. The predicted molar refractivity (Wildman–Crippen MR) is 101 cm³/mol. The third kappa shape index (κ3) is 2.02. The standard InChI is InChI=1S/C23H32O2/c1-6-18-15(2)13-20-19-8-7-16-14-17(25-5)9-10-22(16,4)23(19,24)12-11-21(18,20)3/h7,14-15,19-20,24H,1,8-13H2,2-5H3/t15-,19-,20-,21+,22-,23+/m0/s1. The number of hydrogen-bond donors (Lipinski definition) is 1. The second kappa shape index (κ2) is 5.38. The molecule has 1 N–H and O–H groups in total. The molecule has 136 valence electrons. The Hall–Kier alpha value is -1.24. The quantitative estimate of drug-likeness (QED) is 0.668. The van der Waals surface area contributed by atoms with Gasteiger partial charge in [-0.3, -0.25) is 0 Å². The summed E-state index contributed by atoms with van der Waals surface area (Å²) in [7, 11) is 1.75. The highest BCUT2D eigenvalue weighted by atomic mass is 16.5. The van der Waals surface area contributed by atoms with E-state index in [1.54, 1.807) is 7.11 Å². The van der Waals surface area contributed by atoms with E-state index in [9.17, 15) is 5.11 Å². The van der Waals surface area contributed by atoms with E-state index in [2.05, 4.69) is 45.2 Å². The van der Waals surface area contributed by atoms with Crippen LogP contribution in [0.3, 0.4) is 0 Å². The van der Waals surface area contributed by atoms with Gasteiger partial charge in [0.15, 0.2) is 0 Å². The van der Waals surface area contributed by atoms with Crippen molar-refractivity contribution in [1.29, 1.82) is 0 Å². The molecule has 0 saturated heterocycles. The first-order valence-corrected chi connectivity index (χ1v) is 9.88. The van der Waals surface area contributed by atoms with Crippen LogP contribution < -0.4 is 0 Å². The fourth-order valence-corrected chi connectivity index (χ4v) is 6.93. The molecule has 0 spiro atoms. The molecule has 0 amide bonds. The van der Waals surface area contributed by atoms with Crippen LogP contribution in [0, 0.1) is 28.6 Å². The minimum atomic E-state index is -0.604. The van der Waals surface area contributed by atoms with Crippen molar-refractivity contribution in [1.82, 2.24) is 0 Å². The number of ether oxygens (including phenoxy) is 1. The highest BCUT2D eigenvalue weighted by Gasteiger charge is 2.65. The number of allylic oxidation sites excluding steroid dienone is 4. The molecule has 0 aromatic carbocycles. The van der Waals surface area contributed by atoms with Crippen molar-refractivity contribution in [3.05, 3.63) is 41.4 Å². The Morgan fingerprint density at radius 2 is 2.00 bits per heavy atom. The second-order valence-corrected chi connectivity index (χ2v) is 9.32. The Kier molecular flexibility index (Phi) is 3.70. The topological polar surface area (TPSA) is 29.5 Å². The second-order valence-electron chi connectivity index (χ2n) is 9.32. The molecule has 0 aromatic rings. The average molecular weight is 341 g/mol. The number of aliphatic hydroxyl groups is 1. The van der Waals surface area contributed by atoms with Crippen molar-refractivity contribution in [2.45, 2.75) is 64.9 Å². The van der Waals surface area contributed by atoms with Crippen LogP contribution in [0.5, 0.6) is 0 Å². The lowest BCUT2D eigenvalue weighted by atomic mass is 9.46. The molecule has 2 fully saturated rings. The van der Waals surface area contributed by atoms with Crippen LogP contribution >= 0.6 is 0 Å². The summed E-state index contributed by atoms with van der Waals surface area (Å²) in [6.45, 7) is 11.0. The van der Waals surface area contributed by atoms with Gasteiger partial charge in [0.25, 0.3) is 0 Å². The molecule has 2 heteroatoms. The molecule has 2 nitrogen and oxygen atoms in total. The van der Waals surface area contributed by atoms with Crippen LogP contribution in [-0.2, 0) is 4.74 Å². The number of rotatable bonds is 1. The lowest BCUT2D eigenvalue weighted by molar-refractivity contribution is -0.172. The average Bonchev–Trinajstić information content (AvgIpc) is 2.85. The monoisotopic (exact) mass is 340 g/mol. The van der Waals surface area contributed by atoms with Gasteiger partial charge in [0.1, 0.15) is 0 Å². The first kappa shape index (κ1) is 17.2. The predicted octanol–water partition coefficient (Wildman–Crippen LogP) is 5.16. The number of hydrogen-bond acceptors (Lipinski definition) is 2. The fraction of sp³-hybridized carbons (Fsp3) is 0.696. The largest absolute Gasteiger partial charge is 0.501 e. The molecule has 0 aliphatic heterocycles. The Morgan fingerprint density at radius 1 is 1.24 bits per heavy atom. The van der Waals surface area contributed by atoms with E-state index in [0.717, 1.165) is 37.9 Å². The molecular formula is C23H32O2. The molecule has 4 aliphatic rings. The highest BCUT2D eigenvalue weighted by Crippen LogP contribution is 2.68. The summed E-state index contributed by atoms with van der Waals surface area (Å²) in [5, 5.41) is 12.1. The van der Waals surface area contributed by atoms with Gasteiger partial charge in [-0.2, -0.15) is 0 Å². The Balaban J connectivity index is 1.79. The van der Waals surface area contributed by atoms with Gasteiger partial charge in [-0.25, -0.2) is 0 Å². The van der Waals surface area contributed by atoms with Gasteiger partial charge in [0.05, 0.1) is 18.5 Å². The van der Waals surface area contributed by atoms with E-state index in [0.29, 0.717) is 17.8 Å². The summed E-state index contributed by atoms with van der Waals surface area (Å²) < 4.78 is 5.50. The van der Waals surface area contributed by atoms with Crippen LogP contribution in [0.25, 0.3) is 0 Å². The van der Waals surface area contributed by atoms with E-state index in [-0.39, 0.29) is 10.8 Å². The summed E-state index contributed by atoms with van der Waals surface area (Å²) in [4.78, 5) is 0. The van der Waals surface area contributed by atoms with Crippen molar-refractivity contribution < 1.29 is 9.84 Å². The van der Waals surface area contributed by atoms with Crippen LogP contribution in [0.1, 0.15) is 59.3 Å². The van der Waals surface area contributed by atoms with Crippen molar-refractivity contribution in [3.63, 3.8) is 0 Å². The Labute approximate surface area is 152 Å². The first-order chi connectivity index (χ1) is 11.8. The van der Waals surface area contributed by atoms with Crippen molar-refractivity contribution in [2.75, 3.05) is 7.11 Å². The van der Waals surface area contributed by atoms with Crippen molar-refractivity contribution in [2.24, 2.45) is 28.6 Å². The third-order valence-corrected chi connectivity index (χ3v) is 8.48. The summed E-state index contributed by atoms with van der Waals surface area (Å²) in [5.41, 5.74) is 5.40. The smallest absolute Gasteiger partial charge is 0.0958 e. The maximum absolute atomic E-state index is 12.1. The SMILES string of the molecule is C=C=C1[C@@H](C)C[C@H]2[C@@H]3CC=C4C=C(OC)CC[C@]4(C)[C@@]3(O)CC[C@]12C. The van der Waals surface area contributed by atoms with Gasteiger partial charge >= 0.3 is 0 Å². The number of fused-ring (bicyclic) bond motifs is 5. The van der Waals surface area contributed by atoms with E-state index < -0.39 is 5.60 Å². The Bertz CT molecular complexity index is 710. The molecule has 4 aliphatic carbocycles. The van der Waals surface area contributed by atoms with Gasteiger partial charge < -0.3 is 9.84 Å². The summed E-state index contributed by atoms with van der Waals surface area (Å²) in [5.74, 6) is 2.47. The minimum absolute atomic E-state index is 0.150. The molecule has 0 radical (unpaired) electrons. The van der Waals surface area contributed by atoms with Gasteiger partial charge in [-0.15, -0.1) is 5.73 Å². The molecule has 6 atom stereocenters. The summed E-state index contributed by atoms with van der Waals surface area (Å²) in [6, 6.07) is 0. The van der Waals surface area contributed by atoms with Crippen LogP contribution in [0.4, 0.5) is 0 Å². The van der Waals surface area contributed by atoms with Gasteiger partial charge in [0, 0.05) is 11.8 Å². The van der Waals surface area contributed by atoms with Crippen LogP contribution in [0.15, 0.2) is 41.4 Å². The van der Waals surface area contributed by atoms with Crippen molar-refractivity contribution >= 4 is 0 Å². The van der Waals surface area contributed by atoms with Gasteiger partial charge in [-0.05, 0) is 72.5 Å². The molecule has 0 heterocycles. The van der Waals surface area contributed by atoms with E-state index in [1.807, 2.05) is 0 Å². The Morgan fingerprint density at radius 3 is 2.68 bits per heavy atom. The molecule has 4 rings (SSSR count). The zero-order valence-corrected chi connectivity index (χ0v) is 16.2. The van der Waals surface area contributed by atoms with Crippen LogP contribution in [0.2, 0.25) is 0 Å². The first-order valence-electron chi connectivity index (χ1n) is 9.88. The normalized spacial score (nSPS) is 48.5. The fourth-order valence-electron chi connectivity index (χ4n) is 6.93. The van der Waals surface area contributed by atoms with Crippen molar-refractivity contribution in [3.8, 4) is 0 Å². The molecule has 0 aromatic heterocycles. The molecular weight excluding hydrogens is 308 g/mol. The highest BCUT2D eigenvalue weighted by molar-refractivity contribution is 5.40. The summed E-state index contributed by atoms with van der Waals surface area (Å²) >= 11 is 0. The van der Waals surface area contributed by atoms with E-state index in [4.69, 9.17) is 4.74 Å².